The highest BCUT2D eigenvalue weighted by Crippen LogP contribution is 2.35. The van der Waals surface area contributed by atoms with E-state index in [2.05, 4.69) is 4.72 Å². The minimum Gasteiger partial charge on any atom is -0.495 e. The van der Waals surface area contributed by atoms with E-state index in [0.29, 0.717) is 22.8 Å². The molecule has 2 aromatic rings. The van der Waals surface area contributed by atoms with Gasteiger partial charge in [0.05, 0.1) is 30.2 Å². The van der Waals surface area contributed by atoms with Crippen LogP contribution >= 0.6 is 0 Å². The molecule has 0 bridgehead atoms. The first-order valence-electron chi connectivity index (χ1n) is 9.94. The van der Waals surface area contributed by atoms with E-state index in [0.717, 1.165) is 17.2 Å². The van der Waals surface area contributed by atoms with E-state index in [9.17, 15) is 21.6 Å². The van der Waals surface area contributed by atoms with E-state index in [-0.39, 0.29) is 22.1 Å². The first-order chi connectivity index (χ1) is 14.6. The quantitative estimate of drug-likeness (QED) is 0.672. The molecule has 0 saturated carbocycles. The van der Waals surface area contributed by atoms with Gasteiger partial charge in [-0.05, 0) is 42.2 Å². The van der Waals surface area contributed by atoms with Crippen LogP contribution in [-0.2, 0) is 37.7 Å². The predicted octanol–water partition coefficient (Wildman–Crippen LogP) is 2.93. The van der Waals surface area contributed by atoms with Gasteiger partial charge in [-0.3, -0.25) is 9.52 Å². The summed E-state index contributed by atoms with van der Waals surface area (Å²) in [6, 6.07) is 9.45. The second-order valence-corrected chi connectivity index (χ2v) is 10.9. The SMILES string of the molecule is CCc1cccc(CC)c1NS(=O)(=O)c1cc(N2C(=O)C(C)CS2(=O)=O)ccc1OC. The molecule has 1 fully saturated rings. The summed E-state index contributed by atoms with van der Waals surface area (Å²) in [5, 5.41) is 0. The topological polar surface area (TPSA) is 110 Å². The third-order valence-corrected chi connectivity index (χ3v) is 8.51. The van der Waals surface area contributed by atoms with Gasteiger partial charge in [0.2, 0.25) is 15.9 Å². The molecular weight excluding hydrogens is 440 g/mol. The average Bonchev–Trinajstić information content (AvgIpc) is 2.93. The Hall–Kier alpha value is -2.59. The molecule has 0 aromatic heterocycles. The Morgan fingerprint density at radius 2 is 1.74 bits per heavy atom. The largest absolute Gasteiger partial charge is 0.495 e. The minimum atomic E-state index is -4.15. The van der Waals surface area contributed by atoms with E-state index in [1.165, 1.54) is 26.2 Å². The maximum absolute atomic E-state index is 13.3. The van der Waals surface area contributed by atoms with Crippen LogP contribution in [0.2, 0.25) is 0 Å². The van der Waals surface area contributed by atoms with Gasteiger partial charge in [0.25, 0.3) is 10.0 Å². The molecule has 0 spiro atoms. The maximum Gasteiger partial charge on any atom is 0.265 e. The smallest absolute Gasteiger partial charge is 0.265 e. The van der Waals surface area contributed by atoms with Gasteiger partial charge >= 0.3 is 0 Å². The molecule has 1 N–H and O–H groups in total. The summed E-state index contributed by atoms with van der Waals surface area (Å²) in [7, 11) is -6.70. The first kappa shape index (κ1) is 23.1. The number of hydrogen-bond acceptors (Lipinski definition) is 6. The molecule has 0 radical (unpaired) electrons. The van der Waals surface area contributed by atoms with Gasteiger partial charge in [-0.2, -0.15) is 0 Å². The minimum absolute atomic E-state index is 0.0324. The van der Waals surface area contributed by atoms with Gasteiger partial charge in [-0.1, -0.05) is 39.0 Å². The first-order valence-corrected chi connectivity index (χ1v) is 13.0. The monoisotopic (exact) mass is 466 g/mol. The number of carbonyl (C=O) groups is 1. The fourth-order valence-corrected chi connectivity index (χ4v) is 6.80. The Balaban J connectivity index is 2.12. The van der Waals surface area contributed by atoms with Crippen LogP contribution in [0.3, 0.4) is 0 Å². The molecule has 10 heteroatoms. The van der Waals surface area contributed by atoms with Gasteiger partial charge in [-0.15, -0.1) is 0 Å². The van der Waals surface area contributed by atoms with Gasteiger partial charge < -0.3 is 4.74 Å². The number of rotatable bonds is 7. The number of ether oxygens (including phenoxy) is 1. The summed E-state index contributed by atoms with van der Waals surface area (Å²) < 4.78 is 60.2. The lowest BCUT2D eigenvalue weighted by Crippen LogP contribution is -2.30. The van der Waals surface area contributed by atoms with Crippen molar-refractivity contribution in [2.75, 3.05) is 21.9 Å². The van der Waals surface area contributed by atoms with E-state index < -0.39 is 31.9 Å². The standard InChI is InChI=1S/C21H26N2O6S2/c1-5-15-8-7-9-16(6-2)20(15)22-31(27,28)19-12-17(10-11-18(19)29-4)23-21(24)14(3)13-30(23,25)26/h7-12,14,22H,5-6,13H2,1-4H3. The summed E-state index contributed by atoms with van der Waals surface area (Å²) >= 11 is 0. The van der Waals surface area contributed by atoms with Crippen molar-refractivity contribution >= 4 is 37.3 Å². The number of carbonyl (C=O) groups excluding carboxylic acids is 1. The number of nitrogens with zero attached hydrogens (tertiary/aromatic N) is 1. The van der Waals surface area contributed by atoms with E-state index >= 15 is 0 Å². The molecule has 1 atom stereocenters. The molecule has 168 valence electrons. The number of sulfonamides is 2. The number of hydrogen-bond donors (Lipinski definition) is 1. The van der Waals surface area contributed by atoms with Crippen molar-refractivity contribution in [1.29, 1.82) is 0 Å². The molecule has 8 nitrogen and oxygen atoms in total. The normalized spacial score (nSPS) is 18.3. The molecule has 1 amide bonds. The zero-order chi connectivity index (χ0) is 23.0. The number of anilines is 2. The maximum atomic E-state index is 13.3. The highest BCUT2D eigenvalue weighted by atomic mass is 32.2. The third kappa shape index (κ3) is 4.27. The summed E-state index contributed by atoms with van der Waals surface area (Å²) in [4.78, 5) is 12.2. The number of nitrogens with one attached hydrogen (secondary N) is 1. The molecule has 1 unspecified atom stereocenters. The van der Waals surface area contributed by atoms with Crippen LogP contribution in [-0.4, -0.2) is 35.6 Å². The molecule has 1 saturated heterocycles. The molecule has 1 aliphatic heterocycles. The fourth-order valence-electron chi connectivity index (χ4n) is 3.65. The van der Waals surface area contributed by atoms with Gasteiger partial charge in [0.15, 0.2) is 0 Å². The van der Waals surface area contributed by atoms with Crippen LogP contribution in [0.4, 0.5) is 11.4 Å². The third-order valence-electron chi connectivity index (χ3n) is 5.27. The Morgan fingerprint density at radius 3 is 2.23 bits per heavy atom. The predicted molar refractivity (Wildman–Crippen MR) is 119 cm³/mol. The van der Waals surface area contributed by atoms with Crippen molar-refractivity contribution in [3.8, 4) is 5.75 Å². The Labute approximate surface area is 183 Å². The number of methoxy groups -OCH3 is 1. The lowest BCUT2D eigenvalue weighted by atomic mass is 10.0. The molecule has 31 heavy (non-hydrogen) atoms. The number of amides is 1. The summed E-state index contributed by atoms with van der Waals surface area (Å²) in [5.41, 5.74) is 2.14. The molecule has 1 aliphatic rings. The number of aryl methyl sites for hydroxylation is 2. The van der Waals surface area contributed by atoms with Gasteiger partial charge in [0, 0.05) is 0 Å². The van der Waals surface area contributed by atoms with Crippen LogP contribution < -0.4 is 13.8 Å². The zero-order valence-electron chi connectivity index (χ0n) is 17.9. The van der Waals surface area contributed by atoms with E-state index in [4.69, 9.17) is 4.74 Å². The molecular formula is C21H26N2O6S2. The summed E-state index contributed by atoms with van der Waals surface area (Å²) in [5.74, 6) is -1.57. The van der Waals surface area contributed by atoms with Crippen molar-refractivity contribution in [2.45, 2.75) is 38.5 Å². The van der Waals surface area contributed by atoms with Crippen molar-refractivity contribution in [2.24, 2.45) is 5.92 Å². The molecule has 1 heterocycles. The second kappa shape index (κ2) is 8.51. The highest BCUT2D eigenvalue weighted by Gasteiger charge is 2.42. The van der Waals surface area contributed by atoms with Gasteiger partial charge in [-0.25, -0.2) is 21.1 Å². The van der Waals surface area contributed by atoms with Crippen molar-refractivity contribution in [3.63, 3.8) is 0 Å². The fraction of sp³-hybridized carbons (Fsp3) is 0.381. The molecule has 0 aliphatic carbocycles. The van der Waals surface area contributed by atoms with E-state index in [1.54, 1.807) is 0 Å². The van der Waals surface area contributed by atoms with Crippen LogP contribution in [0.1, 0.15) is 31.9 Å². The molecule has 3 rings (SSSR count). The van der Waals surface area contributed by atoms with Crippen LogP contribution in [0.25, 0.3) is 0 Å². The lowest BCUT2D eigenvalue weighted by Gasteiger charge is -2.20. The molecule has 2 aromatic carbocycles. The van der Waals surface area contributed by atoms with Crippen molar-refractivity contribution in [3.05, 3.63) is 47.5 Å². The van der Waals surface area contributed by atoms with E-state index in [1.807, 2.05) is 32.0 Å². The van der Waals surface area contributed by atoms with Crippen molar-refractivity contribution in [1.82, 2.24) is 0 Å². The lowest BCUT2D eigenvalue weighted by molar-refractivity contribution is -0.119. The summed E-state index contributed by atoms with van der Waals surface area (Å²) in [6.45, 7) is 5.38. The Kier molecular flexibility index (Phi) is 6.33. The Bertz CT molecular complexity index is 1200. The van der Waals surface area contributed by atoms with Gasteiger partial charge in [0.1, 0.15) is 10.6 Å². The Morgan fingerprint density at radius 1 is 1.13 bits per heavy atom. The average molecular weight is 467 g/mol. The summed E-state index contributed by atoms with van der Waals surface area (Å²) in [6.07, 6.45) is 1.25. The highest BCUT2D eigenvalue weighted by molar-refractivity contribution is 7.94. The second-order valence-electron chi connectivity index (χ2n) is 7.38. The number of benzene rings is 2. The van der Waals surface area contributed by atoms with Crippen LogP contribution in [0, 0.1) is 5.92 Å². The van der Waals surface area contributed by atoms with Crippen LogP contribution in [0.15, 0.2) is 41.3 Å². The zero-order valence-corrected chi connectivity index (χ0v) is 19.5. The van der Waals surface area contributed by atoms with Crippen molar-refractivity contribution < 1.29 is 26.4 Å². The number of para-hydroxylation sites is 1. The van der Waals surface area contributed by atoms with Crippen LogP contribution in [0.5, 0.6) is 5.75 Å².